The molecule has 0 N–H and O–H groups in total. The molecule has 1 saturated carbocycles. The van der Waals surface area contributed by atoms with Crippen molar-refractivity contribution in [1.29, 1.82) is 0 Å². The predicted molar refractivity (Wildman–Crippen MR) is 73.2 cm³/mol. The van der Waals surface area contributed by atoms with Gasteiger partial charge >= 0.3 is 0 Å². The molecule has 88 valence electrons. The van der Waals surface area contributed by atoms with Crippen molar-refractivity contribution in [2.45, 2.75) is 26.2 Å². The summed E-state index contributed by atoms with van der Waals surface area (Å²) in [5.41, 5.74) is 1.24. The molecule has 2 aromatic rings. The topological polar surface area (TPSA) is 12.9 Å². The molecule has 2 heteroatoms. The Kier molecular flexibility index (Phi) is 2.75. The Hall–Kier alpha value is -1.15. The maximum Gasteiger partial charge on any atom is 0.123 e. The molecule has 1 nitrogen and oxygen atoms in total. The summed E-state index contributed by atoms with van der Waals surface area (Å²) in [6.45, 7) is 4.65. The number of hydrogen-bond acceptors (Lipinski definition) is 2. The molecule has 2 atom stereocenters. The summed E-state index contributed by atoms with van der Waals surface area (Å²) in [7, 11) is 0. The molecule has 1 fully saturated rings. The minimum atomic E-state index is 0.782. The Bertz CT molecular complexity index is 501. The molecule has 0 spiro atoms. The van der Waals surface area contributed by atoms with E-state index < -0.39 is 0 Å². The van der Waals surface area contributed by atoms with E-state index in [0.717, 1.165) is 22.8 Å². The van der Waals surface area contributed by atoms with Crippen molar-refractivity contribution in [3.63, 3.8) is 0 Å². The zero-order valence-corrected chi connectivity index (χ0v) is 11.1. The quantitative estimate of drug-likeness (QED) is 0.769. The van der Waals surface area contributed by atoms with Gasteiger partial charge in [0.05, 0.1) is 0 Å². The summed E-state index contributed by atoms with van der Waals surface area (Å²) in [4.78, 5) is 6.03. The Morgan fingerprint density at radius 2 is 2.00 bits per heavy atom. The summed E-state index contributed by atoms with van der Waals surface area (Å²) in [5.74, 6) is 2.48. The van der Waals surface area contributed by atoms with E-state index >= 15 is 0 Å². The second kappa shape index (κ2) is 4.26. The lowest BCUT2D eigenvalue weighted by atomic mass is 10.1. The average molecular weight is 243 g/mol. The fourth-order valence-corrected chi connectivity index (χ4v) is 3.56. The van der Waals surface area contributed by atoms with Crippen molar-refractivity contribution >= 4 is 11.3 Å². The first kappa shape index (κ1) is 11.0. The highest BCUT2D eigenvalue weighted by atomic mass is 32.1. The van der Waals surface area contributed by atoms with E-state index in [1.807, 2.05) is 17.4 Å². The van der Waals surface area contributed by atoms with Gasteiger partial charge in [-0.05, 0) is 24.2 Å². The zero-order chi connectivity index (χ0) is 11.8. The highest BCUT2D eigenvalue weighted by molar-refractivity contribution is 7.15. The van der Waals surface area contributed by atoms with Crippen molar-refractivity contribution < 1.29 is 0 Å². The first-order valence-corrected chi connectivity index (χ1v) is 7.08. The fraction of sp³-hybridized carbons (Fsp3) is 0.400. The highest BCUT2D eigenvalue weighted by Crippen LogP contribution is 2.53. The van der Waals surface area contributed by atoms with Crippen LogP contribution in [0.3, 0.4) is 0 Å². The first-order valence-electron chi connectivity index (χ1n) is 6.27. The number of hydrogen-bond donors (Lipinski definition) is 0. The van der Waals surface area contributed by atoms with E-state index in [4.69, 9.17) is 0 Å². The molecule has 17 heavy (non-hydrogen) atoms. The molecule has 3 rings (SSSR count). The number of aromatic nitrogens is 1. The Labute approximate surface area is 107 Å². The van der Waals surface area contributed by atoms with Crippen LogP contribution in [0, 0.1) is 11.8 Å². The molecule has 0 radical (unpaired) electrons. The van der Waals surface area contributed by atoms with Crippen LogP contribution in [0.1, 0.15) is 31.1 Å². The number of nitrogens with zero attached hydrogens (tertiary/aromatic N) is 1. The predicted octanol–water partition coefficient (Wildman–Crippen LogP) is 4.57. The van der Waals surface area contributed by atoms with Gasteiger partial charge in [-0.3, -0.25) is 0 Å². The lowest BCUT2D eigenvalue weighted by molar-refractivity contribution is 0.550. The highest BCUT2D eigenvalue weighted by Gasteiger charge is 2.41. The van der Waals surface area contributed by atoms with Crippen LogP contribution >= 0.6 is 11.3 Å². The van der Waals surface area contributed by atoms with Crippen LogP contribution in [-0.2, 0) is 0 Å². The molecule has 1 aliphatic carbocycles. The van der Waals surface area contributed by atoms with Crippen molar-refractivity contribution in [2.24, 2.45) is 11.8 Å². The Balaban J connectivity index is 1.81. The zero-order valence-electron chi connectivity index (χ0n) is 10.3. The standard InChI is InChI=1S/C15H17NS/c1-10(2)12-8-13(12)14-9-16-15(17-14)11-6-4-3-5-7-11/h3-7,9-10,12-13H,8H2,1-2H3/t12?,13-/m0/s1. The molecular formula is C15H17NS. The van der Waals surface area contributed by atoms with Crippen molar-refractivity contribution in [1.82, 2.24) is 4.98 Å². The third kappa shape index (κ3) is 2.14. The van der Waals surface area contributed by atoms with Gasteiger partial charge in [-0.25, -0.2) is 4.98 Å². The van der Waals surface area contributed by atoms with E-state index in [9.17, 15) is 0 Å². The number of rotatable bonds is 3. The van der Waals surface area contributed by atoms with Crippen LogP contribution in [0.2, 0.25) is 0 Å². The molecule has 0 bridgehead atoms. The van der Waals surface area contributed by atoms with Crippen LogP contribution < -0.4 is 0 Å². The molecule has 1 unspecified atom stereocenters. The molecular weight excluding hydrogens is 226 g/mol. The Morgan fingerprint density at radius 1 is 1.24 bits per heavy atom. The van der Waals surface area contributed by atoms with Gasteiger partial charge in [0.25, 0.3) is 0 Å². The van der Waals surface area contributed by atoms with Gasteiger partial charge in [0.2, 0.25) is 0 Å². The fourth-order valence-electron chi connectivity index (χ4n) is 2.45. The SMILES string of the molecule is CC(C)C1C[C@@H]1c1cnc(-c2ccccc2)s1. The first-order chi connectivity index (χ1) is 8.25. The third-order valence-corrected chi connectivity index (χ3v) is 4.78. The second-order valence-corrected chi connectivity index (χ2v) is 6.25. The van der Waals surface area contributed by atoms with Gasteiger partial charge in [0.15, 0.2) is 0 Å². The van der Waals surface area contributed by atoms with E-state index in [0.29, 0.717) is 0 Å². The monoisotopic (exact) mass is 243 g/mol. The maximum absolute atomic E-state index is 4.56. The minimum absolute atomic E-state index is 0.782. The summed E-state index contributed by atoms with van der Waals surface area (Å²) < 4.78 is 0. The van der Waals surface area contributed by atoms with Crippen LogP contribution in [0.5, 0.6) is 0 Å². The van der Waals surface area contributed by atoms with Gasteiger partial charge in [-0.2, -0.15) is 0 Å². The second-order valence-electron chi connectivity index (χ2n) is 5.18. The number of benzene rings is 1. The van der Waals surface area contributed by atoms with Crippen LogP contribution in [0.4, 0.5) is 0 Å². The van der Waals surface area contributed by atoms with E-state index in [-0.39, 0.29) is 0 Å². The van der Waals surface area contributed by atoms with E-state index in [1.165, 1.54) is 16.9 Å². The van der Waals surface area contributed by atoms with Gasteiger partial charge < -0.3 is 0 Å². The van der Waals surface area contributed by atoms with Crippen LogP contribution in [-0.4, -0.2) is 4.98 Å². The summed E-state index contributed by atoms with van der Waals surface area (Å²) in [6, 6.07) is 10.5. The molecule has 1 aromatic heterocycles. The number of thiazole rings is 1. The minimum Gasteiger partial charge on any atom is -0.244 e. The van der Waals surface area contributed by atoms with E-state index in [1.54, 1.807) is 0 Å². The third-order valence-electron chi connectivity index (χ3n) is 3.61. The van der Waals surface area contributed by atoms with Crippen LogP contribution in [0.25, 0.3) is 10.6 Å². The van der Waals surface area contributed by atoms with Crippen molar-refractivity contribution in [3.8, 4) is 10.6 Å². The summed E-state index contributed by atoms with van der Waals surface area (Å²) >= 11 is 1.87. The van der Waals surface area contributed by atoms with E-state index in [2.05, 4.69) is 49.3 Å². The lowest BCUT2D eigenvalue weighted by Gasteiger charge is -2.00. The lowest BCUT2D eigenvalue weighted by Crippen LogP contribution is -1.90. The molecule has 1 heterocycles. The van der Waals surface area contributed by atoms with Gasteiger partial charge in [0, 0.05) is 16.6 Å². The normalized spacial score (nSPS) is 23.0. The van der Waals surface area contributed by atoms with Crippen molar-refractivity contribution in [2.75, 3.05) is 0 Å². The Morgan fingerprint density at radius 3 is 2.65 bits per heavy atom. The van der Waals surface area contributed by atoms with Crippen molar-refractivity contribution in [3.05, 3.63) is 41.4 Å². The smallest absolute Gasteiger partial charge is 0.123 e. The van der Waals surface area contributed by atoms with Gasteiger partial charge in [-0.15, -0.1) is 11.3 Å². The molecule has 1 aliphatic rings. The molecule has 0 amide bonds. The molecule has 1 aromatic carbocycles. The van der Waals surface area contributed by atoms with Crippen LogP contribution in [0.15, 0.2) is 36.5 Å². The largest absolute Gasteiger partial charge is 0.244 e. The molecule has 0 aliphatic heterocycles. The maximum atomic E-state index is 4.56. The summed E-state index contributed by atoms with van der Waals surface area (Å²) in [5, 5.41) is 1.16. The average Bonchev–Trinajstić information content (AvgIpc) is 3.01. The molecule has 0 saturated heterocycles. The summed E-state index contributed by atoms with van der Waals surface area (Å²) in [6.07, 6.45) is 3.44. The van der Waals surface area contributed by atoms with Gasteiger partial charge in [-0.1, -0.05) is 44.2 Å². The van der Waals surface area contributed by atoms with Gasteiger partial charge in [0.1, 0.15) is 5.01 Å².